The van der Waals surface area contributed by atoms with Crippen LogP contribution in [-0.2, 0) is 4.79 Å². The van der Waals surface area contributed by atoms with Crippen molar-refractivity contribution in [2.24, 2.45) is 0 Å². The first kappa shape index (κ1) is 14.3. The highest BCUT2D eigenvalue weighted by Crippen LogP contribution is 2.42. The number of carbonyl (C=O) groups is 1. The van der Waals surface area contributed by atoms with E-state index in [4.69, 9.17) is 0 Å². The molecular formula is C20H17NOS. The number of rotatable bonds is 2. The molecule has 1 aliphatic rings. The summed E-state index contributed by atoms with van der Waals surface area (Å²) in [6.45, 7) is 2.08. The Hall–Kier alpha value is -2.26. The molecule has 1 heterocycles. The summed E-state index contributed by atoms with van der Waals surface area (Å²) >= 11 is 1.69. The molecule has 3 aromatic rings. The summed E-state index contributed by atoms with van der Waals surface area (Å²) in [4.78, 5) is 14.4. The van der Waals surface area contributed by atoms with Gasteiger partial charge in [0.25, 0.3) is 0 Å². The van der Waals surface area contributed by atoms with Gasteiger partial charge in [0.05, 0.1) is 5.75 Å². The normalized spacial score (nSPS) is 17.9. The van der Waals surface area contributed by atoms with Gasteiger partial charge in [0.2, 0.25) is 5.91 Å². The minimum atomic E-state index is 0.0595. The molecule has 1 fully saturated rings. The van der Waals surface area contributed by atoms with Crippen LogP contribution in [0.2, 0.25) is 0 Å². The molecule has 1 saturated heterocycles. The van der Waals surface area contributed by atoms with Crippen molar-refractivity contribution in [3.8, 4) is 0 Å². The Morgan fingerprint density at radius 1 is 0.957 bits per heavy atom. The van der Waals surface area contributed by atoms with Crippen LogP contribution in [0.15, 0.2) is 66.7 Å². The molecule has 0 bridgehead atoms. The van der Waals surface area contributed by atoms with Crippen molar-refractivity contribution in [3.05, 3.63) is 77.9 Å². The van der Waals surface area contributed by atoms with E-state index in [1.54, 1.807) is 11.8 Å². The third-order valence-electron chi connectivity index (χ3n) is 4.24. The monoisotopic (exact) mass is 319 g/mol. The maximum atomic E-state index is 12.5. The number of aryl methyl sites for hydroxylation is 1. The van der Waals surface area contributed by atoms with Gasteiger partial charge >= 0.3 is 0 Å². The van der Waals surface area contributed by atoms with Crippen LogP contribution in [0, 0.1) is 6.92 Å². The van der Waals surface area contributed by atoms with Crippen LogP contribution >= 0.6 is 11.8 Å². The van der Waals surface area contributed by atoms with Crippen molar-refractivity contribution in [2.45, 2.75) is 12.3 Å². The minimum Gasteiger partial charge on any atom is -0.295 e. The molecule has 1 atom stereocenters. The van der Waals surface area contributed by atoms with Gasteiger partial charge in [0.15, 0.2) is 0 Å². The number of nitrogens with zero attached hydrogens (tertiary/aromatic N) is 1. The van der Waals surface area contributed by atoms with Gasteiger partial charge in [-0.25, -0.2) is 0 Å². The molecule has 2 nitrogen and oxygen atoms in total. The number of hydrogen-bond donors (Lipinski definition) is 0. The van der Waals surface area contributed by atoms with E-state index in [0.717, 1.165) is 11.1 Å². The maximum Gasteiger partial charge on any atom is 0.238 e. The van der Waals surface area contributed by atoms with Gasteiger partial charge in [-0.2, -0.15) is 0 Å². The molecule has 114 valence electrons. The van der Waals surface area contributed by atoms with Crippen LogP contribution in [0.5, 0.6) is 0 Å². The Morgan fingerprint density at radius 2 is 1.70 bits per heavy atom. The Morgan fingerprint density at radius 3 is 2.48 bits per heavy atom. The molecule has 23 heavy (non-hydrogen) atoms. The zero-order valence-corrected chi connectivity index (χ0v) is 13.7. The van der Waals surface area contributed by atoms with Gasteiger partial charge in [-0.05, 0) is 35.4 Å². The summed E-state index contributed by atoms with van der Waals surface area (Å²) in [7, 11) is 0. The lowest BCUT2D eigenvalue weighted by Crippen LogP contribution is -2.27. The molecule has 1 aliphatic heterocycles. The molecule has 0 unspecified atom stereocenters. The van der Waals surface area contributed by atoms with Crippen LogP contribution in [-0.4, -0.2) is 11.7 Å². The fraction of sp³-hybridized carbons (Fsp3) is 0.150. The summed E-state index contributed by atoms with van der Waals surface area (Å²) < 4.78 is 0. The highest BCUT2D eigenvalue weighted by molar-refractivity contribution is 8.00. The van der Waals surface area contributed by atoms with Gasteiger partial charge in [0, 0.05) is 5.69 Å². The summed E-state index contributed by atoms with van der Waals surface area (Å²) in [6.07, 6.45) is 0. The maximum absolute atomic E-state index is 12.5. The number of carbonyl (C=O) groups excluding carboxylic acids is 1. The predicted molar refractivity (Wildman–Crippen MR) is 97.8 cm³/mol. The quantitative estimate of drug-likeness (QED) is 0.668. The van der Waals surface area contributed by atoms with Crippen molar-refractivity contribution in [1.82, 2.24) is 0 Å². The van der Waals surface area contributed by atoms with Gasteiger partial charge in [-0.1, -0.05) is 60.2 Å². The summed E-state index contributed by atoms with van der Waals surface area (Å²) in [5.74, 6) is 0.710. The minimum absolute atomic E-state index is 0.0595. The summed E-state index contributed by atoms with van der Waals surface area (Å²) in [5.41, 5.74) is 3.39. The molecule has 0 radical (unpaired) electrons. The van der Waals surface area contributed by atoms with Crippen molar-refractivity contribution < 1.29 is 4.79 Å². The van der Waals surface area contributed by atoms with E-state index >= 15 is 0 Å². The van der Waals surface area contributed by atoms with Crippen molar-refractivity contribution in [3.63, 3.8) is 0 Å². The third kappa shape index (κ3) is 2.62. The number of thioether (sulfide) groups is 1. The number of hydrogen-bond acceptors (Lipinski definition) is 2. The van der Waals surface area contributed by atoms with Crippen molar-refractivity contribution in [1.29, 1.82) is 0 Å². The van der Waals surface area contributed by atoms with Crippen LogP contribution in [0.25, 0.3) is 10.8 Å². The third-order valence-corrected chi connectivity index (χ3v) is 5.45. The van der Waals surface area contributed by atoms with E-state index < -0.39 is 0 Å². The molecule has 3 heteroatoms. The number of benzene rings is 3. The standard InChI is InChI=1S/C20H17NOS/c1-14-6-8-16(9-7-14)20-21(19(22)13-23-20)18-11-10-15-4-2-3-5-17(15)12-18/h2-12,20H,13H2,1H3/t20-/m1/s1. The zero-order chi connectivity index (χ0) is 15.8. The average Bonchev–Trinajstić information content (AvgIpc) is 2.97. The lowest BCUT2D eigenvalue weighted by atomic mass is 10.1. The molecule has 0 aromatic heterocycles. The Kier molecular flexibility index (Phi) is 3.58. The Labute approximate surface area is 140 Å². The number of fused-ring (bicyclic) bond motifs is 1. The van der Waals surface area contributed by atoms with Crippen molar-refractivity contribution in [2.75, 3.05) is 10.7 Å². The molecular weight excluding hydrogens is 302 g/mol. The average molecular weight is 319 g/mol. The van der Waals surface area contributed by atoms with Gasteiger partial charge < -0.3 is 0 Å². The second-order valence-electron chi connectivity index (χ2n) is 5.87. The SMILES string of the molecule is Cc1ccc([C@H]2SCC(=O)N2c2ccc3ccccc3c2)cc1. The van der Waals surface area contributed by atoms with E-state index in [9.17, 15) is 4.79 Å². The summed E-state index contributed by atoms with van der Waals surface area (Å²) in [6, 6.07) is 23.0. The first-order valence-corrected chi connectivity index (χ1v) is 8.76. The van der Waals surface area contributed by atoms with Crippen LogP contribution < -0.4 is 4.90 Å². The van der Waals surface area contributed by atoms with Crippen LogP contribution in [0.4, 0.5) is 5.69 Å². The van der Waals surface area contributed by atoms with Gasteiger partial charge in [0.1, 0.15) is 5.37 Å². The second kappa shape index (κ2) is 5.74. The largest absolute Gasteiger partial charge is 0.295 e. The fourth-order valence-corrected chi connectivity index (χ4v) is 4.18. The Balaban J connectivity index is 1.76. The first-order valence-electron chi connectivity index (χ1n) is 7.71. The second-order valence-corrected chi connectivity index (χ2v) is 6.94. The highest BCUT2D eigenvalue weighted by atomic mass is 32.2. The molecule has 0 N–H and O–H groups in total. The lowest BCUT2D eigenvalue weighted by Gasteiger charge is -2.24. The van der Waals surface area contributed by atoms with E-state index in [1.165, 1.54) is 16.5 Å². The topological polar surface area (TPSA) is 20.3 Å². The van der Waals surface area contributed by atoms with Gasteiger partial charge in [-0.15, -0.1) is 11.8 Å². The molecule has 0 spiro atoms. The van der Waals surface area contributed by atoms with E-state index in [2.05, 4.69) is 55.5 Å². The predicted octanol–water partition coefficient (Wildman–Crippen LogP) is 4.93. The van der Waals surface area contributed by atoms with E-state index in [1.807, 2.05) is 23.1 Å². The fourth-order valence-electron chi connectivity index (χ4n) is 3.01. The zero-order valence-electron chi connectivity index (χ0n) is 12.9. The number of amides is 1. The highest BCUT2D eigenvalue weighted by Gasteiger charge is 2.33. The van der Waals surface area contributed by atoms with Crippen molar-refractivity contribution >= 4 is 34.1 Å². The lowest BCUT2D eigenvalue weighted by molar-refractivity contribution is -0.115. The molecule has 3 aromatic carbocycles. The molecule has 0 saturated carbocycles. The van der Waals surface area contributed by atoms with Crippen LogP contribution in [0.3, 0.4) is 0 Å². The molecule has 0 aliphatic carbocycles. The molecule has 1 amide bonds. The Bertz CT molecular complexity index is 872. The smallest absolute Gasteiger partial charge is 0.238 e. The van der Waals surface area contributed by atoms with Gasteiger partial charge in [-0.3, -0.25) is 9.69 Å². The first-order chi connectivity index (χ1) is 11.2. The summed E-state index contributed by atoms with van der Waals surface area (Å²) in [5, 5.41) is 2.42. The van der Waals surface area contributed by atoms with E-state index in [-0.39, 0.29) is 11.3 Å². The number of anilines is 1. The van der Waals surface area contributed by atoms with E-state index in [0.29, 0.717) is 5.75 Å². The molecule has 4 rings (SSSR count). The van der Waals surface area contributed by atoms with Crippen LogP contribution in [0.1, 0.15) is 16.5 Å².